The van der Waals surface area contributed by atoms with Gasteiger partial charge in [0.15, 0.2) is 0 Å². The number of alkyl halides is 6. The Bertz CT molecular complexity index is 703. The van der Waals surface area contributed by atoms with Crippen LogP contribution in [-0.2, 0) is 5.41 Å². The molecule has 2 rings (SSSR count). The summed E-state index contributed by atoms with van der Waals surface area (Å²) < 4.78 is 93.3. The first-order valence-electron chi connectivity index (χ1n) is 7.59. The Morgan fingerprint density at radius 3 is 1.38 bits per heavy atom. The number of ether oxygens (including phenoxy) is 2. The van der Waals surface area contributed by atoms with Gasteiger partial charge in [-0.1, -0.05) is 24.3 Å². The van der Waals surface area contributed by atoms with Crippen LogP contribution in [0.25, 0.3) is 0 Å². The molecule has 0 saturated heterocycles. The van der Waals surface area contributed by atoms with Gasteiger partial charge in [0, 0.05) is 0 Å². The first-order valence-corrected chi connectivity index (χ1v) is 7.59. The van der Waals surface area contributed by atoms with Crippen LogP contribution in [0.2, 0.25) is 0 Å². The minimum Gasteiger partial charge on any atom is -0.497 e. The number of benzene rings is 2. The third-order valence-electron chi connectivity index (χ3n) is 3.97. The average molecular weight is 378 g/mol. The molecule has 142 valence electrons. The van der Waals surface area contributed by atoms with E-state index in [0.717, 1.165) is 48.5 Å². The van der Waals surface area contributed by atoms with E-state index in [4.69, 9.17) is 9.47 Å². The lowest BCUT2D eigenvalue weighted by Gasteiger charge is -2.38. The largest absolute Gasteiger partial charge is 0.497 e. The van der Waals surface area contributed by atoms with Crippen molar-refractivity contribution in [2.75, 3.05) is 13.7 Å². The number of methoxy groups -OCH3 is 1. The SMILES string of the molecule is CCOc1ccc(C(c2ccc(OC)cc2)(C(F)(F)F)C(F)(F)F)cc1. The molecule has 2 aromatic carbocycles. The van der Waals surface area contributed by atoms with Gasteiger partial charge in [-0.05, 0) is 42.3 Å². The molecule has 0 spiro atoms. The minimum absolute atomic E-state index is 0.152. The molecule has 8 heteroatoms. The zero-order valence-electron chi connectivity index (χ0n) is 13.9. The Hall–Kier alpha value is -2.38. The lowest BCUT2D eigenvalue weighted by molar-refractivity contribution is -0.288. The van der Waals surface area contributed by atoms with Crippen molar-refractivity contribution in [3.63, 3.8) is 0 Å². The summed E-state index contributed by atoms with van der Waals surface area (Å²) in [5.41, 5.74) is -6.05. The maximum Gasteiger partial charge on any atom is 0.411 e. The van der Waals surface area contributed by atoms with Crippen LogP contribution >= 0.6 is 0 Å². The third kappa shape index (κ3) is 3.32. The molecule has 0 amide bonds. The quantitative estimate of drug-likeness (QED) is 0.640. The Morgan fingerprint density at radius 2 is 1.08 bits per heavy atom. The molecule has 0 bridgehead atoms. The van der Waals surface area contributed by atoms with Crippen molar-refractivity contribution in [2.45, 2.75) is 24.7 Å². The monoisotopic (exact) mass is 378 g/mol. The van der Waals surface area contributed by atoms with Crippen molar-refractivity contribution in [3.05, 3.63) is 59.7 Å². The fraction of sp³-hybridized carbons (Fsp3) is 0.333. The number of hydrogen-bond acceptors (Lipinski definition) is 2. The highest BCUT2D eigenvalue weighted by Crippen LogP contribution is 2.56. The van der Waals surface area contributed by atoms with Crippen molar-refractivity contribution >= 4 is 0 Å². The molecule has 0 radical (unpaired) electrons. The Balaban J connectivity index is 2.75. The van der Waals surface area contributed by atoms with Gasteiger partial charge in [-0.3, -0.25) is 0 Å². The highest BCUT2D eigenvalue weighted by atomic mass is 19.4. The molecule has 0 aromatic heterocycles. The summed E-state index contributed by atoms with van der Waals surface area (Å²) in [6, 6.07) is 7.44. The molecule has 0 saturated carbocycles. The highest BCUT2D eigenvalue weighted by Gasteiger charge is 2.72. The summed E-state index contributed by atoms with van der Waals surface area (Å²) in [7, 11) is 1.27. The van der Waals surface area contributed by atoms with Crippen LogP contribution in [0.4, 0.5) is 26.3 Å². The van der Waals surface area contributed by atoms with Crippen molar-refractivity contribution in [1.82, 2.24) is 0 Å². The topological polar surface area (TPSA) is 18.5 Å². The first kappa shape index (κ1) is 19.9. The van der Waals surface area contributed by atoms with Gasteiger partial charge in [-0.2, -0.15) is 26.3 Å². The summed E-state index contributed by atoms with van der Waals surface area (Å²) in [5.74, 6) is 0.336. The van der Waals surface area contributed by atoms with Crippen LogP contribution in [0, 0.1) is 0 Å². The fourth-order valence-corrected chi connectivity index (χ4v) is 2.79. The van der Waals surface area contributed by atoms with E-state index in [1.807, 2.05) is 0 Å². The van der Waals surface area contributed by atoms with Gasteiger partial charge in [-0.15, -0.1) is 0 Å². The van der Waals surface area contributed by atoms with Crippen LogP contribution in [0.3, 0.4) is 0 Å². The molecule has 0 N–H and O–H groups in total. The van der Waals surface area contributed by atoms with Gasteiger partial charge < -0.3 is 9.47 Å². The van der Waals surface area contributed by atoms with Crippen LogP contribution in [0.15, 0.2) is 48.5 Å². The summed E-state index contributed by atoms with van der Waals surface area (Å²) in [5, 5.41) is 0. The molecule has 0 aliphatic rings. The van der Waals surface area contributed by atoms with Gasteiger partial charge in [0.2, 0.25) is 5.41 Å². The van der Waals surface area contributed by atoms with Crippen LogP contribution in [-0.4, -0.2) is 26.1 Å². The van der Waals surface area contributed by atoms with Crippen molar-refractivity contribution in [2.24, 2.45) is 0 Å². The number of hydrogen-bond donors (Lipinski definition) is 0. The van der Waals surface area contributed by atoms with Crippen LogP contribution < -0.4 is 9.47 Å². The van der Waals surface area contributed by atoms with E-state index < -0.39 is 28.9 Å². The molecule has 0 fully saturated rings. The summed E-state index contributed by atoms with van der Waals surface area (Å²) in [4.78, 5) is 0. The number of rotatable bonds is 5. The van der Waals surface area contributed by atoms with E-state index in [9.17, 15) is 26.3 Å². The lowest BCUT2D eigenvalue weighted by Crippen LogP contribution is -2.54. The molecule has 0 unspecified atom stereocenters. The van der Waals surface area contributed by atoms with Crippen molar-refractivity contribution < 1.29 is 35.8 Å². The smallest absolute Gasteiger partial charge is 0.411 e. The van der Waals surface area contributed by atoms with Crippen LogP contribution in [0.5, 0.6) is 11.5 Å². The van der Waals surface area contributed by atoms with E-state index in [1.165, 1.54) is 7.11 Å². The standard InChI is InChI=1S/C18H16F6O2/c1-3-26-15-10-6-13(7-11-15)16(17(19,20)21,18(22,23)24)12-4-8-14(25-2)9-5-12/h4-11H,3H2,1-2H3. The first-order chi connectivity index (χ1) is 12.1. The molecular weight excluding hydrogens is 362 g/mol. The Morgan fingerprint density at radius 1 is 0.692 bits per heavy atom. The summed E-state index contributed by atoms with van der Waals surface area (Å²) in [6.45, 7) is 1.89. The zero-order chi connectivity index (χ0) is 19.6. The molecular formula is C18H16F6O2. The lowest BCUT2D eigenvalue weighted by atomic mass is 9.73. The van der Waals surface area contributed by atoms with E-state index in [2.05, 4.69) is 0 Å². The summed E-state index contributed by atoms with van der Waals surface area (Å²) in [6.07, 6.45) is -11.2. The van der Waals surface area contributed by atoms with E-state index in [0.29, 0.717) is 0 Å². The molecule has 26 heavy (non-hydrogen) atoms. The second-order valence-electron chi connectivity index (χ2n) is 5.43. The van der Waals surface area contributed by atoms with Gasteiger partial charge >= 0.3 is 12.4 Å². The molecule has 0 aliphatic heterocycles. The molecule has 2 nitrogen and oxygen atoms in total. The Labute approximate surface area is 146 Å². The molecule has 0 atom stereocenters. The van der Waals surface area contributed by atoms with Gasteiger partial charge in [0.1, 0.15) is 11.5 Å². The van der Waals surface area contributed by atoms with E-state index in [1.54, 1.807) is 6.92 Å². The average Bonchev–Trinajstić information content (AvgIpc) is 2.55. The second-order valence-corrected chi connectivity index (χ2v) is 5.43. The minimum atomic E-state index is -5.62. The van der Waals surface area contributed by atoms with Gasteiger partial charge in [0.25, 0.3) is 0 Å². The highest BCUT2D eigenvalue weighted by molar-refractivity contribution is 5.47. The maximum atomic E-state index is 13.9. The maximum absolute atomic E-state index is 13.9. The number of halogens is 6. The normalized spacial score (nSPS) is 12.8. The Kier molecular flexibility index (Phi) is 5.44. The van der Waals surface area contributed by atoms with E-state index >= 15 is 0 Å². The third-order valence-corrected chi connectivity index (χ3v) is 3.97. The zero-order valence-corrected chi connectivity index (χ0v) is 13.9. The van der Waals surface area contributed by atoms with Crippen molar-refractivity contribution in [1.29, 1.82) is 0 Å². The second kappa shape index (κ2) is 7.09. The predicted octanol–water partition coefficient (Wildman–Crippen LogP) is 5.50. The van der Waals surface area contributed by atoms with Crippen molar-refractivity contribution in [3.8, 4) is 11.5 Å². The molecule has 2 aromatic rings. The van der Waals surface area contributed by atoms with Gasteiger partial charge in [0.05, 0.1) is 13.7 Å². The molecule has 0 heterocycles. The van der Waals surface area contributed by atoms with E-state index in [-0.39, 0.29) is 18.1 Å². The fourth-order valence-electron chi connectivity index (χ4n) is 2.79. The predicted molar refractivity (Wildman–Crippen MR) is 83.5 cm³/mol. The van der Waals surface area contributed by atoms with Gasteiger partial charge in [-0.25, -0.2) is 0 Å². The summed E-state index contributed by atoms with van der Waals surface area (Å²) >= 11 is 0. The van der Waals surface area contributed by atoms with Crippen LogP contribution in [0.1, 0.15) is 18.1 Å². The molecule has 0 aliphatic carbocycles.